The second-order valence-corrected chi connectivity index (χ2v) is 4.86. The summed E-state index contributed by atoms with van der Waals surface area (Å²) in [7, 11) is 0. The molecule has 2 aromatic rings. The van der Waals surface area contributed by atoms with Crippen molar-refractivity contribution in [1.29, 1.82) is 0 Å². The lowest BCUT2D eigenvalue weighted by atomic mass is 10.1. The van der Waals surface area contributed by atoms with Crippen LogP contribution in [0, 0.1) is 6.92 Å². The largest absolute Gasteiger partial charge is 0.313 e. The first-order valence-electron chi connectivity index (χ1n) is 7.09. The highest BCUT2D eigenvalue weighted by Crippen LogP contribution is 2.18. The van der Waals surface area contributed by atoms with E-state index in [9.17, 15) is 0 Å². The van der Waals surface area contributed by atoms with Gasteiger partial charge in [-0.3, -0.25) is 0 Å². The summed E-state index contributed by atoms with van der Waals surface area (Å²) >= 11 is 0. The van der Waals surface area contributed by atoms with Gasteiger partial charge in [0.25, 0.3) is 0 Å². The van der Waals surface area contributed by atoms with Gasteiger partial charge in [-0.05, 0) is 37.1 Å². The van der Waals surface area contributed by atoms with Crippen molar-refractivity contribution in [3.05, 3.63) is 47.5 Å². The highest BCUT2D eigenvalue weighted by molar-refractivity contribution is 5.43. The molecule has 0 atom stereocenters. The van der Waals surface area contributed by atoms with Crippen molar-refractivity contribution < 1.29 is 0 Å². The third-order valence-corrected chi connectivity index (χ3v) is 3.31. The van der Waals surface area contributed by atoms with Gasteiger partial charge >= 0.3 is 0 Å². The van der Waals surface area contributed by atoms with Crippen LogP contribution in [-0.2, 0) is 13.0 Å². The smallest absolute Gasteiger partial charge is 0.112 e. The third kappa shape index (κ3) is 3.24. The molecule has 3 heteroatoms. The second-order valence-electron chi connectivity index (χ2n) is 4.86. The number of hydrogen-bond acceptors (Lipinski definition) is 2. The lowest BCUT2D eigenvalue weighted by Gasteiger charge is -2.12. The number of imidazole rings is 1. The van der Waals surface area contributed by atoms with Gasteiger partial charge in [0.05, 0.1) is 0 Å². The van der Waals surface area contributed by atoms with Gasteiger partial charge in [-0.2, -0.15) is 0 Å². The Balaban J connectivity index is 2.19. The zero-order valence-electron chi connectivity index (χ0n) is 12.1. The summed E-state index contributed by atoms with van der Waals surface area (Å²) in [6.45, 7) is 8.50. The van der Waals surface area contributed by atoms with Gasteiger partial charge in [0.15, 0.2) is 0 Å². The van der Waals surface area contributed by atoms with E-state index < -0.39 is 0 Å². The second kappa shape index (κ2) is 6.53. The van der Waals surface area contributed by atoms with E-state index in [2.05, 4.69) is 53.8 Å². The molecule has 0 aliphatic heterocycles. The summed E-state index contributed by atoms with van der Waals surface area (Å²) in [4.78, 5) is 4.39. The predicted octanol–water partition coefficient (Wildman–Crippen LogP) is 3.24. The van der Waals surface area contributed by atoms with Crippen LogP contribution in [0.3, 0.4) is 0 Å². The van der Waals surface area contributed by atoms with Gasteiger partial charge in [-0.15, -0.1) is 0 Å². The third-order valence-electron chi connectivity index (χ3n) is 3.31. The summed E-state index contributed by atoms with van der Waals surface area (Å²) < 4.78 is 2.18. The molecule has 0 amide bonds. The molecule has 1 aromatic heterocycles. The van der Waals surface area contributed by atoms with Crippen LogP contribution in [0.5, 0.6) is 0 Å². The maximum Gasteiger partial charge on any atom is 0.112 e. The van der Waals surface area contributed by atoms with Crippen molar-refractivity contribution in [3.8, 4) is 5.69 Å². The normalized spacial score (nSPS) is 10.9. The van der Waals surface area contributed by atoms with Gasteiger partial charge in [0.2, 0.25) is 0 Å². The number of nitrogens with one attached hydrogen (secondary N) is 1. The van der Waals surface area contributed by atoms with Crippen molar-refractivity contribution in [3.63, 3.8) is 0 Å². The Labute approximate surface area is 115 Å². The van der Waals surface area contributed by atoms with Crippen molar-refractivity contribution >= 4 is 0 Å². The Hall–Kier alpha value is -1.61. The van der Waals surface area contributed by atoms with E-state index in [0.29, 0.717) is 0 Å². The van der Waals surface area contributed by atoms with E-state index >= 15 is 0 Å². The average molecular weight is 257 g/mol. The number of benzene rings is 1. The highest BCUT2D eigenvalue weighted by Gasteiger charge is 2.06. The minimum absolute atomic E-state index is 0.944. The van der Waals surface area contributed by atoms with Crippen LogP contribution in [0.2, 0.25) is 0 Å². The Morgan fingerprint density at radius 2 is 2.11 bits per heavy atom. The Kier molecular flexibility index (Phi) is 4.74. The summed E-state index contributed by atoms with van der Waals surface area (Å²) in [6, 6.07) is 6.65. The molecule has 0 unspecified atom stereocenters. The zero-order chi connectivity index (χ0) is 13.7. The number of aryl methyl sites for hydroxylation is 2. The monoisotopic (exact) mass is 257 g/mol. The van der Waals surface area contributed by atoms with E-state index in [-0.39, 0.29) is 0 Å². The fraction of sp³-hybridized carbons (Fsp3) is 0.438. The molecule has 1 heterocycles. The minimum atomic E-state index is 0.944. The Morgan fingerprint density at radius 3 is 2.79 bits per heavy atom. The first-order chi connectivity index (χ1) is 9.26. The van der Waals surface area contributed by atoms with Gasteiger partial charge in [0.1, 0.15) is 5.82 Å². The molecule has 0 fully saturated rings. The number of rotatable bonds is 6. The molecule has 102 valence electrons. The topological polar surface area (TPSA) is 29.9 Å². The molecule has 0 spiro atoms. The average Bonchev–Trinajstić information content (AvgIpc) is 2.87. The first-order valence-corrected chi connectivity index (χ1v) is 7.09. The van der Waals surface area contributed by atoms with Crippen molar-refractivity contribution in [2.24, 2.45) is 0 Å². The number of aromatic nitrogens is 2. The maximum atomic E-state index is 4.39. The van der Waals surface area contributed by atoms with Gasteiger partial charge in [-0.1, -0.05) is 26.0 Å². The van der Waals surface area contributed by atoms with E-state index in [1.165, 1.54) is 23.2 Å². The van der Waals surface area contributed by atoms with Crippen molar-refractivity contribution in [1.82, 2.24) is 14.9 Å². The summed E-state index contributed by atoms with van der Waals surface area (Å²) in [5.74, 6) is 1.11. The van der Waals surface area contributed by atoms with E-state index in [1.807, 2.05) is 12.4 Å². The van der Waals surface area contributed by atoms with Gasteiger partial charge in [-0.25, -0.2) is 4.98 Å². The van der Waals surface area contributed by atoms with Crippen LogP contribution in [0.25, 0.3) is 5.69 Å². The van der Waals surface area contributed by atoms with Gasteiger partial charge < -0.3 is 9.88 Å². The summed E-state index contributed by atoms with van der Waals surface area (Å²) in [6.07, 6.45) is 6.03. The quantitative estimate of drug-likeness (QED) is 0.805. The fourth-order valence-electron chi connectivity index (χ4n) is 2.32. The van der Waals surface area contributed by atoms with Crippen molar-refractivity contribution in [2.75, 3.05) is 6.54 Å². The molecule has 1 N–H and O–H groups in total. The molecule has 19 heavy (non-hydrogen) atoms. The summed E-state index contributed by atoms with van der Waals surface area (Å²) in [5.41, 5.74) is 3.87. The van der Waals surface area contributed by atoms with Crippen molar-refractivity contribution in [2.45, 2.75) is 40.2 Å². The first kappa shape index (κ1) is 13.8. The molecular formula is C16H23N3. The molecule has 0 bridgehead atoms. The Bertz CT molecular complexity index is 529. The lowest BCUT2D eigenvalue weighted by molar-refractivity contribution is 0.675. The number of nitrogens with zero attached hydrogens (tertiary/aromatic N) is 2. The molecule has 0 aliphatic rings. The van der Waals surface area contributed by atoms with E-state index in [4.69, 9.17) is 0 Å². The Morgan fingerprint density at radius 1 is 1.26 bits per heavy atom. The lowest BCUT2D eigenvalue weighted by Crippen LogP contribution is -2.14. The summed E-state index contributed by atoms with van der Waals surface area (Å²) in [5, 5.41) is 3.44. The predicted molar refractivity (Wildman–Crippen MR) is 79.7 cm³/mol. The highest BCUT2D eigenvalue weighted by atomic mass is 15.1. The molecule has 0 saturated carbocycles. The standard InChI is InChI=1S/C16H23N3/c1-4-8-17-12-14-6-7-15(13(3)11-14)19-10-9-18-16(19)5-2/h6-7,9-11,17H,4-5,8,12H2,1-3H3. The fourth-order valence-corrected chi connectivity index (χ4v) is 2.32. The maximum absolute atomic E-state index is 4.39. The van der Waals surface area contributed by atoms with Crippen LogP contribution in [0.15, 0.2) is 30.6 Å². The molecule has 3 nitrogen and oxygen atoms in total. The molecule has 2 rings (SSSR count). The van der Waals surface area contributed by atoms with Crippen LogP contribution < -0.4 is 5.32 Å². The van der Waals surface area contributed by atoms with Crippen LogP contribution in [-0.4, -0.2) is 16.1 Å². The SMILES string of the molecule is CCCNCc1ccc(-n2ccnc2CC)c(C)c1. The van der Waals surface area contributed by atoms with E-state index in [1.54, 1.807) is 0 Å². The molecular weight excluding hydrogens is 234 g/mol. The molecule has 0 aliphatic carbocycles. The number of hydrogen-bond donors (Lipinski definition) is 1. The minimum Gasteiger partial charge on any atom is -0.313 e. The zero-order valence-corrected chi connectivity index (χ0v) is 12.1. The van der Waals surface area contributed by atoms with Crippen LogP contribution in [0.1, 0.15) is 37.2 Å². The molecule has 0 saturated heterocycles. The molecule has 0 radical (unpaired) electrons. The molecule has 1 aromatic carbocycles. The van der Waals surface area contributed by atoms with Crippen LogP contribution in [0.4, 0.5) is 0 Å². The van der Waals surface area contributed by atoms with Crippen LogP contribution >= 0.6 is 0 Å². The van der Waals surface area contributed by atoms with E-state index in [0.717, 1.165) is 25.3 Å². The van der Waals surface area contributed by atoms with Gasteiger partial charge in [0, 0.05) is 31.0 Å².